The molecule has 0 radical (unpaired) electrons. The molecule has 2 aliphatic heterocycles. The van der Waals surface area contributed by atoms with Crippen molar-refractivity contribution in [1.29, 1.82) is 0 Å². The first-order chi connectivity index (χ1) is 23.2. The third kappa shape index (κ3) is 5.05. The van der Waals surface area contributed by atoms with Crippen LogP contribution in [0.15, 0.2) is 81.0 Å². The van der Waals surface area contributed by atoms with Crippen LogP contribution in [0.25, 0.3) is 0 Å². The maximum absolute atomic E-state index is 14.0. The fourth-order valence-corrected chi connectivity index (χ4v) is 11.4. The largest absolute Gasteiger partial charge is 0.497 e. The molecule has 246 valence electrons. The van der Waals surface area contributed by atoms with Crippen molar-refractivity contribution in [2.45, 2.75) is 22.6 Å². The van der Waals surface area contributed by atoms with Crippen LogP contribution in [0.4, 0.5) is 11.4 Å². The molecular weight excluding hydrogens is 718 g/mol. The second kappa shape index (κ2) is 12.1. The molecular formula is C35H30BrN3O7S2. The number of imide groups is 1. The van der Waals surface area contributed by atoms with Gasteiger partial charge in [-0.1, -0.05) is 33.3 Å². The number of amides is 3. The summed E-state index contributed by atoms with van der Waals surface area (Å²) in [6.07, 6.45) is 0.792. The van der Waals surface area contributed by atoms with E-state index in [4.69, 9.17) is 14.2 Å². The van der Waals surface area contributed by atoms with Crippen LogP contribution in [0.1, 0.15) is 22.8 Å². The van der Waals surface area contributed by atoms with Crippen molar-refractivity contribution in [2.24, 2.45) is 29.6 Å². The monoisotopic (exact) mass is 747 g/mol. The van der Waals surface area contributed by atoms with Crippen LogP contribution < -0.4 is 29.3 Å². The number of thioether (sulfide) groups is 1. The predicted molar refractivity (Wildman–Crippen MR) is 185 cm³/mol. The molecule has 13 heteroatoms. The zero-order valence-electron chi connectivity index (χ0n) is 25.8. The fourth-order valence-electron chi connectivity index (χ4n) is 8.25. The number of aromatic amines is 1. The van der Waals surface area contributed by atoms with Gasteiger partial charge in [-0.05, 0) is 90.4 Å². The second-order valence-electron chi connectivity index (χ2n) is 12.4. The normalized spacial score (nSPS) is 26.6. The number of H-pyrrole nitrogens is 1. The minimum absolute atomic E-state index is 0.0136. The molecule has 3 aromatic carbocycles. The molecule has 4 aliphatic rings. The molecule has 7 atom stereocenters. The van der Waals surface area contributed by atoms with Gasteiger partial charge in [0.15, 0.2) is 18.1 Å². The summed E-state index contributed by atoms with van der Waals surface area (Å²) in [4.78, 5) is 58.5. The number of ether oxygens (including phenoxy) is 3. The van der Waals surface area contributed by atoms with Gasteiger partial charge in [0.2, 0.25) is 11.8 Å². The number of aromatic nitrogens is 1. The lowest BCUT2D eigenvalue weighted by Gasteiger charge is -2.43. The Labute approximate surface area is 292 Å². The minimum Gasteiger partial charge on any atom is -0.497 e. The predicted octanol–water partition coefficient (Wildman–Crippen LogP) is 5.91. The molecule has 2 saturated carbocycles. The maximum Gasteiger partial charge on any atom is 0.305 e. The molecule has 8 rings (SSSR count). The third-order valence-corrected chi connectivity index (χ3v) is 13.2. The fraction of sp³-hybridized carbons (Fsp3) is 0.314. The smallest absolute Gasteiger partial charge is 0.305 e. The number of benzene rings is 3. The Hall–Kier alpha value is -4.07. The van der Waals surface area contributed by atoms with Crippen LogP contribution in [0.2, 0.25) is 0 Å². The van der Waals surface area contributed by atoms with Gasteiger partial charge in [-0.25, -0.2) is 0 Å². The van der Waals surface area contributed by atoms with E-state index >= 15 is 0 Å². The molecule has 3 amide bonds. The Bertz CT molecular complexity index is 2000. The SMILES string of the molecule is COc1ccc(NC(=O)COc2ccc([C@H]3c4sc(=O)[nH]c4SC4C5CC(C6C(=O)N(c7ccc(Br)cc7)C(=O)C56)C43)cc2OC)cc1. The number of carbonyl (C=O) groups is 3. The van der Waals surface area contributed by atoms with Crippen molar-refractivity contribution in [3.05, 3.63) is 91.3 Å². The van der Waals surface area contributed by atoms with E-state index in [1.165, 1.54) is 16.2 Å². The number of nitrogens with zero attached hydrogens (tertiary/aromatic N) is 1. The van der Waals surface area contributed by atoms with E-state index in [1.807, 2.05) is 24.3 Å². The van der Waals surface area contributed by atoms with E-state index in [-0.39, 0.29) is 64.0 Å². The minimum atomic E-state index is -0.401. The highest BCUT2D eigenvalue weighted by Crippen LogP contribution is 2.68. The van der Waals surface area contributed by atoms with E-state index in [2.05, 4.69) is 26.2 Å². The third-order valence-electron chi connectivity index (χ3n) is 10.1. The summed E-state index contributed by atoms with van der Waals surface area (Å²) in [5.41, 5.74) is 2.14. The average Bonchev–Trinajstić information content (AvgIpc) is 3.83. The zero-order valence-corrected chi connectivity index (χ0v) is 29.0. The van der Waals surface area contributed by atoms with E-state index < -0.39 is 5.92 Å². The Morgan fingerprint density at radius 1 is 0.938 bits per heavy atom. The number of halogens is 1. The van der Waals surface area contributed by atoms with Crippen molar-refractivity contribution >= 4 is 68.1 Å². The first kappa shape index (κ1) is 31.2. The number of thiazole rings is 1. The number of hydrogen-bond donors (Lipinski definition) is 2. The van der Waals surface area contributed by atoms with Gasteiger partial charge in [-0.3, -0.25) is 24.1 Å². The molecule has 3 heterocycles. The lowest BCUT2D eigenvalue weighted by atomic mass is 9.68. The quantitative estimate of drug-likeness (QED) is 0.213. The summed E-state index contributed by atoms with van der Waals surface area (Å²) in [5, 5.41) is 3.70. The second-order valence-corrected chi connectivity index (χ2v) is 15.5. The first-order valence-electron chi connectivity index (χ1n) is 15.5. The van der Waals surface area contributed by atoms with E-state index in [1.54, 1.807) is 68.4 Å². The van der Waals surface area contributed by atoms with Crippen molar-refractivity contribution in [3.63, 3.8) is 0 Å². The maximum atomic E-state index is 14.0. The van der Waals surface area contributed by atoms with Gasteiger partial charge in [0, 0.05) is 26.2 Å². The van der Waals surface area contributed by atoms with Crippen LogP contribution in [-0.2, 0) is 14.4 Å². The van der Waals surface area contributed by atoms with Gasteiger partial charge in [0.25, 0.3) is 5.91 Å². The number of methoxy groups -OCH3 is 2. The molecule has 1 saturated heterocycles. The topological polar surface area (TPSA) is 127 Å². The Balaban J connectivity index is 1.07. The molecule has 2 bridgehead atoms. The summed E-state index contributed by atoms with van der Waals surface area (Å²) in [6, 6.07) is 19.9. The Morgan fingerprint density at radius 2 is 1.67 bits per heavy atom. The Kier molecular flexibility index (Phi) is 7.88. The van der Waals surface area contributed by atoms with Crippen molar-refractivity contribution in [1.82, 2.24) is 4.98 Å². The van der Waals surface area contributed by atoms with Crippen molar-refractivity contribution < 1.29 is 28.6 Å². The number of anilines is 2. The van der Waals surface area contributed by atoms with Gasteiger partial charge < -0.3 is 24.5 Å². The highest BCUT2D eigenvalue weighted by molar-refractivity contribution is 9.10. The summed E-state index contributed by atoms with van der Waals surface area (Å²) >= 11 is 6.29. The van der Waals surface area contributed by atoms with Crippen LogP contribution in [0, 0.1) is 29.6 Å². The highest BCUT2D eigenvalue weighted by atomic mass is 79.9. The highest BCUT2D eigenvalue weighted by Gasteiger charge is 2.69. The lowest BCUT2D eigenvalue weighted by Crippen LogP contribution is -2.42. The molecule has 10 nitrogen and oxygen atoms in total. The van der Waals surface area contributed by atoms with Gasteiger partial charge >= 0.3 is 4.87 Å². The average molecular weight is 749 g/mol. The van der Waals surface area contributed by atoms with Gasteiger partial charge in [0.05, 0.1) is 36.8 Å². The Morgan fingerprint density at radius 3 is 2.38 bits per heavy atom. The molecule has 48 heavy (non-hydrogen) atoms. The number of carbonyl (C=O) groups excluding carboxylic acids is 3. The number of hydrogen-bond acceptors (Lipinski definition) is 9. The van der Waals surface area contributed by atoms with Crippen LogP contribution in [-0.4, -0.2) is 48.8 Å². The van der Waals surface area contributed by atoms with E-state index in [0.717, 1.165) is 26.4 Å². The van der Waals surface area contributed by atoms with E-state index in [9.17, 15) is 19.2 Å². The number of fused-ring (bicyclic) bond motifs is 9. The molecule has 4 aromatic rings. The molecule has 1 aromatic heterocycles. The van der Waals surface area contributed by atoms with Gasteiger partial charge in [-0.2, -0.15) is 0 Å². The molecule has 2 N–H and O–H groups in total. The van der Waals surface area contributed by atoms with Gasteiger partial charge in [-0.15, -0.1) is 11.8 Å². The lowest BCUT2D eigenvalue weighted by molar-refractivity contribution is -0.123. The summed E-state index contributed by atoms with van der Waals surface area (Å²) in [5.74, 6) is 0.0333. The van der Waals surface area contributed by atoms with E-state index in [0.29, 0.717) is 28.6 Å². The van der Waals surface area contributed by atoms with Crippen LogP contribution in [0.5, 0.6) is 17.2 Å². The molecule has 0 spiro atoms. The summed E-state index contributed by atoms with van der Waals surface area (Å²) < 4.78 is 17.7. The summed E-state index contributed by atoms with van der Waals surface area (Å²) in [7, 11) is 3.12. The van der Waals surface area contributed by atoms with Crippen LogP contribution in [0.3, 0.4) is 0 Å². The standard InChI is InChI=1S/C35H30BrN3O7S2/c1-44-20-10-6-18(7-11-20)37-25(40)15-46-23-12-3-16(13-24(23)45-2)26-27-21-14-22(30(27)47-32-31(26)48-35(43)38-32)29-28(21)33(41)39(34(29)42)19-8-4-17(36)5-9-19/h3-13,21-22,26-30H,14-15H2,1-2H3,(H,37,40)(H,38,43)/t21?,22?,26-,27?,28?,29?,30?/m1/s1. The van der Waals surface area contributed by atoms with Crippen molar-refractivity contribution in [3.8, 4) is 17.2 Å². The van der Waals surface area contributed by atoms with Gasteiger partial charge in [0.1, 0.15) is 5.75 Å². The molecule has 2 aliphatic carbocycles. The summed E-state index contributed by atoms with van der Waals surface area (Å²) in [6.45, 7) is -0.228. The number of nitrogens with one attached hydrogen (secondary N) is 2. The van der Waals surface area contributed by atoms with Crippen molar-refractivity contribution in [2.75, 3.05) is 31.0 Å². The first-order valence-corrected chi connectivity index (χ1v) is 18.0. The molecule has 6 unspecified atom stereocenters. The van der Waals surface area contributed by atoms with Crippen LogP contribution >= 0.6 is 39.0 Å². The number of rotatable bonds is 8. The zero-order chi connectivity index (χ0) is 33.3. The molecule has 3 fully saturated rings.